The Bertz CT molecular complexity index is 413. The lowest BCUT2D eigenvalue weighted by Crippen LogP contribution is -2.42. The van der Waals surface area contributed by atoms with E-state index < -0.39 is 14.5 Å². The molecule has 1 rings (SSSR count). The summed E-state index contributed by atoms with van der Waals surface area (Å²) < 4.78 is 12.0. The summed E-state index contributed by atoms with van der Waals surface area (Å²) in [6.07, 6.45) is 1.93. The van der Waals surface area contributed by atoms with Crippen molar-refractivity contribution in [3.8, 4) is 0 Å². The van der Waals surface area contributed by atoms with Gasteiger partial charge in [-0.05, 0) is 50.1 Å². The largest absolute Gasteiger partial charge is 0.478 e. The van der Waals surface area contributed by atoms with Crippen LogP contribution in [0.15, 0.2) is 24.3 Å². The fraction of sp³-hybridized carbons (Fsp3) is 0.562. The Labute approximate surface area is 128 Å². The molecule has 1 aromatic rings. The zero-order valence-corrected chi connectivity index (χ0v) is 14.2. The van der Waals surface area contributed by atoms with Crippen molar-refractivity contribution in [2.45, 2.75) is 45.7 Å². The molecule has 0 amide bonds. The Morgan fingerprint density at radius 1 is 1.05 bits per heavy atom. The second kappa shape index (κ2) is 8.97. The van der Waals surface area contributed by atoms with Gasteiger partial charge in [0.1, 0.15) is 0 Å². The molecule has 5 heteroatoms. The maximum Gasteiger partial charge on any atom is 0.338 e. The van der Waals surface area contributed by atoms with Crippen molar-refractivity contribution in [1.29, 1.82) is 0 Å². The minimum absolute atomic E-state index is 0.324. The van der Waals surface area contributed by atoms with E-state index in [4.69, 9.17) is 14.0 Å². The van der Waals surface area contributed by atoms with Crippen molar-refractivity contribution in [2.24, 2.45) is 0 Å². The Kier molecular flexibility index (Phi) is 7.64. The molecule has 0 saturated carbocycles. The SMILES string of the molecule is CCC[Si](CCc1ccc(C(=O)O)cc1)(OCC)OCC. The average molecular weight is 310 g/mol. The first-order valence-electron chi connectivity index (χ1n) is 7.67. The van der Waals surface area contributed by atoms with Gasteiger partial charge in [-0.15, -0.1) is 0 Å². The van der Waals surface area contributed by atoms with E-state index >= 15 is 0 Å². The lowest BCUT2D eigenvalue weighted by Gasteiger charge is -2.30. The number of carboxylic acid groups (broad SMARTS) is 1. The third kappa shape index (κ3) is 5.61. The van der Waals surface area contributed by atoms with Gasteiger partial charge in [0.15, 0.2) is 0 Å². The highest BCUT2D eigenvalue weighted by molar-refractivity contribution is 6.67. The van der Waals surface area contributed by atoms with Crippen LogP contribution in [-0.2, 0) is 15.3 Å². The van der Waals surface area contributed by atoms with E-state index in [1.54, 1.807) is 12.1 Å². The van der Waals surface area contributed by atoms with Gasteiger partial charge in [0.2, 0.25) is 0 Å². The van der Waals surface area contributed by atoms with E-state index in [0.717, 1.165) is 30.5 Å². The molecule has 0 aromatic heterocycles. The normalized spacial score (nSPS) is 11.6. The first kappa shape index (κ1) is 17.9. The highest BCUT2D eigenvalue weighted by Crippen LogP contribution is 2.23. The number of aryl methyl sites for hydroxylation is 1. The van der Waals surface area contributed by atoms with E-state index in [2.05, 4.69) is 6.92 Å². The van der Waals surface area contributed by atoms with Crippen molar-refractivity contribution in [3.05, 3.63) is 35.4 Å². The van der Waals surface area contributed by atoms with Crippen LogP contribution < -0.4 is 0 Å². The van der Waals surface area contributed by atoms with Gasteiger partial charge >= 0.3 is 14.5 Å². The summed E-state index contributed by atoms with van der Waals surface area (Å²) in [7, 11) is -2.13. The molecule has 0 atom stereocenters. The van der Waals surface area contributed by atoms with Crippen LogP contribution in [0.4, 0.5) is 0 Å². The van der Waals surface area contributed by atoms with Crippen molar-refractivity contribution in [2.75, 3.05) is 13.2 Å². The number of carboxylic acids is 1. The molecule has 0 aliphatic rings. The molecular formula is C16H26O4Si. The molecule has 0 radical (unpaired) electrons. The van der Waals surface area contributed by atoms with E-state index in [1.807, 2.05) is 26.0 Å². The highest BCUT2D eigenvalue weighted by atomic mass is 28.4. The lowest BCUT2D eigenvalue weighted by molar-refractivity contribution is 0.0697. The first-order chi connectivity index (χ1) is 10.1. The minimum atomic E-state index is -2.13. The summed E-state index contributed by atoms with van der Waals surface area (Å²) in [4.78, 5) is 10.9. The molecule has 0 unspecified atom stereocenters. The van der Waals surface area contributed by atoms with E-state index in [1.165, 1.54) is 0 Å². The summed E-state index contributed by atoms with van der Waals surface area (Å²) in [6.45, 7) is 7.55. The summed E-state index contributed by atoms with van der Waals surface area (Å²) >= 11 is 0. The molecule has 0 fully saturated rings. The van der Waals surface area contributed by atoms with Gasteiger partial charge in [0.05, 0.1) is 5.56 Å². The number of hydrogen-bond acceptors (Lipinski definition) is 3. The number of rotatable bonds is 10. The second-order valence-electron chi connectivity index (χ2n) is 5.03. The van der Waals surface area contributed by atoms with Gasteiger partial charge in [0.25, 0.3) is 0 Å². The van der Waals surface area contributed by atoms with Crippen LogP contribution in [0.2, 0.25) is 12.1 Å². The molecule has 1 N–H and O–H groups in total. The van der Waals surface area contributed by atoms with E-state index in [0.29, 0.717) is 18.8 Å². The van der Waals surface area contributed by atoms with Crippen molar-refractivity contribution >= 4 is 14.5 Å². The molecule has 0 aliphatic heterocycles. The molecule has 4 nitrogen and oxygen atoms in total. The van der Waals surface area contributed by atoms with Crippen LogP contribution in [0.3, 0.4) is 0 Å². The molecule has 118 valence electrons. The van der Waals surface area contributed by atoms with Gasteiger partial charge in [-0.1, -0.05) is 25.5 Å². The standard InChI is InChI=1S/C16H26O4Si/c1-4-12-21(19-5-2,20-6-3)13-11-14-7-9-15(10-8-14)16(17)18/h7-10H,4-6,11-13H2,1-3H3,(H,17,18). The minimum Gasteiger partial charge on any atom is -0.478 e. The van der Waals surface area contributed by atoms with Crippen molar-refractivity contribution < 1.29 is 18.8 Å². The van der Waals surface area contributed by atoms with Gasteiger partial charge in [0, 0.05) is 13.2 Å². The van der Waals surface area contributed by atoms with Gasteiger partial charge < -0.3 is 14.0 Å². The highest BCUT2D eigenvalue weighted by Gasteiger charge is 2.35. The monoisotopic (exact) mass is 310 g/mol. The Morgan fingerprint density at radius 2 is 1.62 bits per heavy atom. The summed E-state index contributed by atoms with van der Waals surface area (Å²) in [5, 5.41) is 8.91. The predicted octanol–water partition coefficient (Wildman–Crippen LogP) is 3.85. The average Bonchev–Trinajstić information content (AvgIpc) is 2.46. The van der Waals surface area contributed by atoms with Gasteiger partial charge in [-0.2, -0.15) is 0 Å². The third-order valence-corrected chi connectivity index (χ3v) is 7.34. The second-order valence-corrected chi connectivity index (χ2v) is 8.43. The zero-order chi connectivity index (χ0) is 15.7. The molecular weight excluding hydrogens is 284 g/mol. The van der Waals surface area contributed by atoms with Crippen molar-refractivity contribution in [1.82, 2.24) is 0 Å². The Morgan fingerprint density at radius 3 is 2.05 bits per heavy atom. The van der Waals surface area contributed by atoms with Crippen LogP contribution in [0.5, 0.6) is 0 Å². The van der Waals surface area contributed by atoms with E-state index in [9.17, 15) is 4.79 Å². The summed E-state index contributed by atoms with van der Waals surface area (Å²) in [5.74, 6) is -0.889. The maximum atomic E-state index is 10.9. The fourth-order valence-electron chi connectivity index (χ4n) is 2.51. The van der Waals surface area contributed by atoms with Crippen LogP contribution in [-0.4, -0.2) is 32.9 Å². The number of benzene rings is 1. The lowest BCUT2D eigenvalue weighted by atomic mass is 10.1. The zero-order valence-electron chi connectivity index (χ0n) is 13.2. The summed E-state index contributed by atoms with van der Waals surface area (Å²) in [6, 6.07) is 8.99. The summed E-state index contributed by atoms with van der Waals surface area (Å²) in [5.41, 5.74) is 1.46. The van der Waals surface area contributed by atoms with Crippen LogP contribution in [0.25, 0.3) is 0 Å². The molecule has 0 spiro atoms. The number of carbonyl (C=O) groups is 1. The molecule has 1 aromatic carbocycles. The van der Waals surface area contributed by atoms with Crippen LogP contribution in [0.1, 0.15) is 43.1 Å². The molecule has 0 aliphatic carbocycles. The predicted molar refractivity (Wildman–Crippen MR) is 86.0 cm³/mol. The first-order valence-corrected chi connectivity index (χ1v) is 9.90. The van der Waals surface area contributed by atoms with Crippen LogP contribution >= 0.6 is 0 Å². The van der Waals surface area contributed by atoms with Crippen molar-refractivity contribution in [3.63, 3.8) is 0 Å². The van der Waals surface area contributed by atoms with E-state index in [-0.39, 0.29) is 0 Å². The molecule has 21 heavy (non-hydrogen) atoms. The fourth-order valence-corrected chi connectivity index (χ4v) is 5.91. The maximum absolute atomic E-state index is 10.9. The van der Waals surface area contributed by atoms with Gasteiger partial charge in [-0.25, -0.2) is 4.79 Å². The smallest absolute Gasteiger partial charge is 0.338 e. The molecule has 0 saturated heterocycles. The Balaban J connectivity index is 2.72. The van der Waals surface area contributed by atoms with Crippen LogP contribution in [0, 0.1) is 0 Å². The number of hydrogen-bond donors (Lipinski definition) is 1. The quantitative estimate of drug-likeness (QED) is 0.667. The Hall–Kier alpha value is -1.17. The van der Waals surface area contributed by atoms with Gasteiger partial charge in [-0.3, -0.25) is 0 Å². The molecule has 0 bridgehead atoms. The molecule has 0 heterocycles. The third-order valence-electron chi connectivity index (χ3n) is 3.44. The number of aromatic carboxylic acids is 1. The topological polar surface area (TPSA) is 55.8 Å².